The minimum absolute atomic E-state index is 0.300. The van der Waals surface area contributed by atoms with Crippen molar-refractivity contribution in [3.05, 3.63) is 41.8 Å². The number of carbonyl (C=O) groups is 1. The standard InChI is InChI=1S/C11H11N2O2/c12-6-1-7-15-8-9-2-4-10(5-3-9)11(13)14/h1-5H,7-8H2,(H2,13,14). The Hall–Kier alpha value is -1.86. The van der Waals surface area contributed by atoms with Gasteiger partial charge in [0.05, 0.1) is 25.7 Å². The second kappa shape index (κ2) is 5.78. The zero-order valence-corrected chi connectivity index (χ0v) is 8.14. The average Bonchev–Trinajstić information content (AvgIpc) is 2.25. The lowest BCUT2D eigenvalue weighted by Crippen LogP contribution is -2.10. The van der Waals surface area contributed by atoms with Crippen LogP contribution in [0.5, 0.6) is 0 Å². The van der Waals surface area contributed by atoms with Gasteiger partial charge < -0.3 is 10.5 Å². The number of amides is 1. The molecule has 1 radical (unpaired) electrons. The van der Waals surface area contributed by atoms with Crippen LogP contribution < -0.4 is 5.73 Å². The smallest absolute Gasteiger partial charge is 0.248 e. The fourth-order valence-electron chi connectivity index (χ4n) is 1.04. The van der Waals surface area contributed by atoms with Crippen LogP contribution in [0.2, 0.25) is 0 Å². The van der Waals surface area contributed by atoms with Gasteiger partial charge in [0.2, 0.25) is 5.91 Å². The summed E-state index contributed by atoms with van der Waals surface area (Å²) >= 11 is 0. The van der Waals surface area contributed by atoms with E-state index >= 15 is 0 Å². The van der Waals surface area contributed by atoms with E-state index in [-0.39, 0.29) is 0 Å². The van der Waals surface area contributed by atoms with Gasteiger partial charge in [-0.3, -0.25) is 4.79 Å². The summed E-state index contributed by atoms with van der Waals surface area (Å²) in [5, 5.41) is 8.22. The zero-order valence-electron chi connectivity index (χ0n) is 8.14. The number of ether oxygens (including phenoxy) is 1. The molecule has 0 aliphatic rings. The zero-order chi connectivity index (χ0) is 11.1. The van der Waals surface area contributed by atoms with Crippen molar-refractivity contribution in [3.8, 4) is 6.07 Å². The Bertz CT molecular complexity index is 365. The van der Waals surface area contributed by atoms with Crippen LogP contribution in [0.25, 0.3) is 0 Å². The molecule has 4 heteroatoms. The van der Waals surface area contributed by atoms with Crippen molar-refractivity contribution in [3.63, 3.8) is 0 Å². The predicted octanol–water partition coefficient (Wildman–Crippen LogP) is 1.03. The van der Waals surface area contributed by atoms with Crippen LogP contribution in [0.15, 0.2) is 24.3 Å². The lowest BCUT2D eigenvalue weighted by Gasteiger charge is -2.02. The highest BCUT2D eigenvalue weighted by Crippen LogP contribution is 2.05. The number of nitriles is 1. The van der Waals surface area contributed by atoms with E-state index in [9.17, 15) is 4.79 Å². The SMILES string of the molecule is N#C[CH]COCc1ccc(C(N)=O)cc1. The van der Waals surface area contributed by atoms with Crippen LogP contribution in [0.1, 0.15) is 15.9 Å². The van der Waals surface area contributed by atoms with Crippen molar-refractivity contribution in [1.82, 2.24) is 0 Å². The fourth-order valence-corrected chi connectivity index (χ4v) is 1.04. The van der Waals surface area contributed by atoms with E-state index in [0.717, 1.165) is 5.56 Å². The molecule has 1 aromatic carbocycles. The minimum Gasteiger partial charge on any atom is -0.375 e. The van der Waals surface area contributed by atoms with Crippen LogP contribution in [0, 0.1) is 17.8 Å². The first-order valence-corrected chi connectivity index (χ1v) is 4.42. The molecule has 1 rings (SSSR count). The summed E-state index contributed by atoms with van der Waals surface area (Å²) in [6, 6.07) is 8.70. The first-order chi connectivity index (χ1) is 7.24. The highest BCUT2D eigenvalue weighted by atomic mass is 16.5. The minimum atomic E-state index is -0.444. The quantitative estimate of drug-likeness (QED) is 0.726. The average molecular weight is 203 g/mol. The molecule has 4 nitrogen and oxygen atoms in total. The topological polar surface area (TPSA) is 76.1 Å². The van der Waals surface area contributed by atoms with E-state index in [0.29, 0.717) is 18.8 Å². The summed E-state index contributed by atoms with van der Waals surface area (Å²) in [6.07, 6.45) is 1.37. The molecule has 0 saturated carbocycles. The maximum Gasteiger partial charge on any atom is 0.248 e. The molecule has 1 amide bonds. The molecule has 0 atom stereocenters. The summed E-state index contributed by atoms with van der Waals surface area (Å²) in [5.41, 5.74) is 6.50. The van der Waals surface area contributed by atoms with Gasteiger partial charge in [0, 0.05) is 5.56 Å². The Morgan fingerprint density at radius 1 is 1.47 bits per heavy atom. The summed E-state index contributed by atoms with van der Waals surface area (Å²) in [6.45, 7) is 0.714. The second-order valence-electron chi connectivity index (χ2n) is 2.91. The summed E-state index contributed by atoms with van der Waals surface area (Å²) in [7, 11) is 0. The van der Waals surface area contributed by atoms with Gasteiger partial charge in [0.1, 0.15) is 0 Å². The van der Waals surface area contributed by atoms with Crippen molar-refractivity contribution in [1.29, 1.82) is 5.26 Å². The Balaban J connectivity index is 2.43. The van der Waals surface area contributed by atoms with E-state index < -0.39 is 5.91 Å². The third-order valence-electron chi connectivity index (χ3n) is 1.80. The van der Waals surface area contributed by atoms with Gasteiger partial charge in [0.25, 0.3) is 0 Å². The van der Waals surface area contributed by atoms with Crippen molar-refractivity contribution in [2.75, 3.05) is 6.61 Å². The molecular formula is C11H11N2O2. The highest BCUT2D eigenvalue weighted by Gasteiger charge is 1.99. The van der Waals surface area contributed by atoms with E-state index in [1.54, 1.807) is 24.3 Å². The second-order valence-corrected chi connectivity index (χ2v) is 2.91. The maximum absolute atomic E-state index is 10.8. The molecule has 0 unspecified atom stereocenters. The van der Waals surface area contributed by atoms with E-state index in [1.165, 1.54) is 6.42 Å². The number of benzene rings is 1. The van der Waals surface area contributed by atoms with Crippen molar-refractivity contribution >= 4 is 5.91 Å². The molecule has 0 saturated heterocycles. The molecule has 15 heavy (non-hydrogen) atoms. The van der Waals surface area contributed by atoms with Gasteiger partial charge in [-0.1, -0.05) is 12.1 Å². The lowest BCUT2D eigenvalue weighted by molar-refractivity contribution is 0.1000. The monoisotopic (exact) mass is 203 g/mol. The van der Waals surface area contributed by atoms with Gasteiger partial charge in [-0.25, -0.2) is 0 Å². The third kappa shape index (κ3) is 3.79. The molecule has 0 fully saturated rings. The van der Waals surface area contributed by atoms with E-state index in [4.69, 9.17) is 15.7 Å². The lowest BCUT2D eigenvalue weighted by atomic mass is 10.1. The van der Waals surface area contributed by atoms with Crippen LogP contribution >= 0.6 is 0 Å². The largest absolute Gasteiger partial charge is 0.375 e. The van der Waals surface area contributed by atoms with Crippen molar-refractivity contribution in [2.24, 2.45) is 5.73 Å². The summed E-state index contributed by atoms with van der Waals surface area (Å²) in [5.74, 6) is -0.444. The Morgan fingerprint density at radius 2 is 2.13 bits per heavy atom. The number of hydrogen-bond acceptors (Lipinski definition) is 3. The molecule has 0 aliphatic carbocycles. The molecule has 1 aromatic rings. The Morgan fingerprint density at radius 3 is 2.67 bits per heavy atom. The number of hydrogen-bond donors (Lipinski definition) is 1. The normalized spacial score (nSPS) is 9.53. The van der Waals surface area contributed by atoms with Crippen molar-refractivity contribution in [2.45, 2.75) is 6.61 Å². The van der Waals surface area contributed by atoms with E-state index in [2.05, 4.69) is 0 Å². The summed E-state index contributed by atoms with van der Waals surface area (Å²) in [4.78, 5) is 10.8. The number of primary amides is 1. The first kappa shape index (κ1) is 11.2. The number of carbonyl (C=O) groups excluding carboxylic acids is 1. The first-order valence-electron chi connectivity index (χ1n) is 4.42. The predicted molar refractivity (Wildman–Crippen MR) is 54.5 cm³/mol. The number of nitrogens with two attached hydrogens (primary N) is 1. The highest BCUT2D eigenvalue weighted by molar-refractivity contribution is 5.92. The molecule has 0 spiro atoms. The summed E-state index contributed by atoms with van der Waals surface area (Å²) < 4.78 is 5.17. The van der Waals surface area contributed by atoms with Crippen LogP contribution in [0.4, 0.5) is 0 Å². The van der Waals surface area contributed by atoms with Crippen molar-refractivity contribution < 1.29 is 9.53 Å². The van der Waals surface area contributed by atoms with Gasteiger partial charge in [-0.05, 0) is 17.7 Å². The van der Waals surface area contributed by atoms with Gasteiger partial charge in [-0.15, -0.1) is 0 Å². The van der Waals surface area contributed by atoms with Gasteiger partial charge in [0.15, 0.2) is 0 Å². The Labute approximate surface area is 88.3 Å². The van der Waals surface area contributed by atoms with Crippen LogP contribution in [-0.2, 0) is 11.3 Å². The Kier molecular flexibility index (Phi) is 4.32. The fraction of sp³-hybridized carbons (Fsp3) is 0.182. The molecule has 0 bridgehead atoms. The number of nitrogens with zero attached hydrogens (tertiary/aromatic N) is 1. The van der Waals surface area contributed by atoms with Crippen LogP contribution in [0.3, 0.4) is 0 Å². The molecule has 0 aliphatic heterocycles. The molecule has 0 heterocycles. The maximum atomic E-state index is 10.8. The third-order valence-corrected chi connectivity index (χ3v) is 1.80. The molecule has 2 N–H and O–H groups in total. The van der Waals surface area contributed by atoms with E-state index in [1.807, 2.05) is 6.07 Å². The molecular weight excluding hydrogens is 192 g/mol. The van der Waals surface area contributed by atoms with Crippen LogP contribution in [-0.4, -0.2) is 12.5 Å². The molecule has 77 valence electrons. The number of rotatable bonds is 5. The van der Waals surface area contributed by atoms with Gasteiger partial charge in [-0.2, -0.15) is 5.26 Å². The molecule has 0 aromatic heterocycles. The van der Waals surface area contributed by atoms with Gasteiger partial charge >= 0.3 is 0 Å².